The number of oxime groups is 1. The zero-order valence-electron chi connectivity index (χ0n) is 24.1. The minimum Gasteiger partial charge on any atom is -0.507 e. The normalized spacial score (nSPS) is 18.2. The fourth-order valence-electron chi connectivity index (χ4n) is 6.66. The lowest BCUT2D eigenvalue weighted by Gasteiger charge is -2.23. The number of pyridine rings is 1. The summed E-state index contributed by atoms with van der Waals surface area (Å²) >= 11 is 6.76. The highest BCUT2D eigenvalue weighted by Crippen LogP contribution is 2.58. The highest BCUT2D eigenvalue weighted by molar-refractivity contribution is 6.41. The Morgan fingerprint density at radius 2 is 1.64 bits per heavy atom. The number of nitrogens with zero attached hydrogens (tertiary/aromatic N) is 1. The third-order valence-corrected chi connectivity index (χ3v) is 9.21. The summed E-state index contributed by atoms with van der Waals surface area (Å²) in [6.07, 6.45) is 1.68. The Bertz CT molecular complexity index is 2290. The lowest BCUT2D eigenvalue weighted by atomic mass is 9.76. The Hall–Kier alpha value is -5.82. The van der Waals surface area contributed by atoms with Gasteiger partial charge >= 0.3 is 0 Å². The molecule has 3 aromatic carbocycles. The molecule has 0 radical (unpaired) electrons. The van der Waals surface area contributed by atoms with Crippen molar-refractivity contribution in [3.63, 3.8) is 0 Å². The maximum Gasteiger partial charge on any atom is 0.260 e. The van der Waals surface area contributed by atoms with Crippen molar-refractivity contribution in [2.45, 2.75) is 24.9 Å². The SMILES string of the molecule is COC1=CC(=O)c2c(O)c3c(c(O)c2C1=O)C(=O)[C@]1(CCc2c1c(O)c1c(=O)[nH]c(/C=N/OCc4ccc(F)cc4)cc1c2Cl)C3=O. The number of H-pyrrole nitrogens is 1. The summed E-state index contributed by atoms with van der Waals surface area (Å²) in [4.78, 5) is 75.2. The third-order valence-electron chi connectivity index (χ3n) is 8.77. The number of hydrogen-bond donors (Lipinski definition) is 4. The van der Waals surface area contributed by atoms with Crippen LogP contribution in [-0.4, -0.2) is 56.8 Å². The fourth-order valence-corrected chi connectivity index (χ4v) is 7.00. The molecule has 1 aromatic heterocycles. The standard InChI is InChI=1S/C33H20ClFN2O10/c1-46-18-9-17(38)20-21(26(18)39)28(41)23-22(27(20)40)30(43)33(31(23)44)7-6-15-24(33)29(42)19-16(25(15)34)8-14(37-32(19)45)10-36-47-11-12-2-4-13(35)5-3-12/h2-5,8-10,40-42H,6-7,11H2,1H3,(H,37,45)/b36-10+/t33-/m0/s1. The lowest BCUT2D eigenvalue weighted by Crippen LogP contribution is -2.36. The topological polar surface area (TPSA) is 193 Å². The van der Waals surface area contributed by atoms with E-state index in [-0.39, 0.29) is 52.1 Å². The minimum absolute atomic E-state index is 0.0106. The van der Waals surface area contributed by atoms with Gasteiger partial charge in [-0.05, 0) is 42.2 Å². The summed E-state index contributed by atoms with van der Waals surface area (Å²) in [6.45, 7) is 0.0106. The number of phenols is 3. The molecule has 236 valence electrons. The number of fused-ring (bicyclic) bond motifs is 5. The van der Waals surface area contributed by atoms with E-state index in [0.717, 1.165) is 13.2 Å². The Labute approximate surface area is 267 Å². The average Bonchev–Trinajstić information content (AvgIpc) is 3.55. The van der Waals surface area contributed by atoms with Crippen molar-refractivity contribution < 1.29 is 48.5 Å². The van der Waals surface area contributed by atoms with Gasteiger partial charge in [0.1, 0.15) is 35.1 Å². The number of allylic oxidation sites excluding steroid dienone is 2. The molecule has 0 unspecified atom stereocenters. The summed E-state index contributed by atoms with van der Waals surface area (Å²) in [5.74, 6) is -7.57. The highest BCUT2D eigenvalue weighted by atomic mass is 35.5. The predicted molar refractivity (Wildman–Crippen MR) is 162 cm³/mol. The number of rotatable bonds is 5. The van der Waals surface area contributed by atoms with Crippen LogP contribution in [0.4, 0.5) is 4.39 Å². The van der Waals surface area contributed by atoms with Gasteiger partial charge in [0.2, 0.25) is 5.78 Å². The van der Waals surface area contributed by atoms with Crippen LogP contribution in [0.2, 0.25) is 5.02 Å². The number of carbonyl (C=O) groups excluding carboxylic acids is 4. The molecule has 0 amide bonds. The first kappa shape index (κ1) is 29.9. The maximum absolute atomic E-state index is 14.2. The Morgan fingerprint density at radius 1 is 0.979 bits per heavy atom. The number of Topliss-reactive ketones (excluding diaryl/α,β-unsaturated/α-hetero) is 3. The summed E-state index contributed by atoms with van der Waals surface area (Å²) in [6, 6.07) is 6.97. The molecular weight excluding hydrogens is 639 g/mol. The molecule has 1 spiro atoms. The van der Waals surface area contributed by atoms with E-state index in [1.54, 1.807) is 0 Å². The Kier molecular flexibility index (Phi) is 6.58. The maximum atomic E-state index is 14.2. The molecule has 4 N–H and O–H groups in total. The highest BCUT2D eigenvalue weighted by Gasteiger charge is 2.62. The molecule has 0 saturated heterocycles. The largest absolute Gasteiger partial charge is 0.507 e. The van der Waals surface area contributed by atoms with Crippen LogP contribution >= 0.6 is 11.6 Å². The number of aromatic hydroxyl groups is 3. The quantitative estimate of drug-likeness (QED) is 0.105. The van der Waals surface area contributed by atoms with Gasteiger partial charge in [-0.15, -0.1) is 0 Å². The van der Waals surface area contributed by atoms with Crippen molar-refractivity contribution in [1.82, 2.24) is 4.98 Å². The van der Waals surface area contributed by atoms with Crippen molar-refractivity contribution in [2.24, 2.45) is 5.16 Å². The van der Waals surface area contributed by atoms with E-state index in [4.69, 9.17) is 21.2 Å². The molecule has 0 saturated carbocycles. The molecule has 0 aliphatic heterocycles. The number of ketones is 4. The number of carbonyl (C=O) groups is 4. The summed E-state index contributed by atoms with van der Waals surface area (Å²) in [5, 5.41) is 37.4. The summed E-state index contributed by atoms with van der Waals surface area (Å²) in [5.41, 5.74) is -5.17. The van der Waals surface area contributed by atoms with Gasteiger partial charge in [-0.3, -0.25) is 24.0 Å². The molecule has 0 bridgehead atoms. The third kappa shape index (κ3) is 3.99. The van der Waals surface area contributed by atoms with E-state index in [2.05, 4.69) is 10.1 Å². The van der Waals surface area contributed by atoms with Crippen LogP contribution in [0.5, 0.6) is 17.2 Å². The fraction of sp³-hybridized carbons (Fsp3) is 0.152. The van der Waals surface area contributed by atoms with Gasteiger partial charge in [-0.1, -0.05) is 28.9 Å². The molecule has 14 heteroatoms. The van der Waals surface area contributed by atoms with Crippen LogP contribution < -0.4 is 5.56 Å². The van der Waals surface area contributed by atoms with Crippen LogP contribution in [0.25, 0.3) is 10.8 Å². The molecular formula is C33H20ClFN2O10. The number of phenolic OH excluding ortho intramolecular Hbond substituents is 3. The lowest BCUT2D eigenvalue weighted by molar-refractivity contribution is 0.0790. The van der Waals surface area contributed by atoms with Crippen LogP contribution in [-0.2, 0) is 28.0 Å². The molecule has 47 heavy (non-hydrogen) atoms. The molecule has 1 atom stereocenters. The second-order valence-corrected chi connectivity index (χ2v) is 11.5. The first-order chi connectivity index (χ1) is 22.4. The average molecular weight is 659 g/mol. The molecule has 3 aliphatic carbocycles. The molecule has 12 nitrogen and oxygen atoms in total. The molecule has 0 fully saturated rings. The van der Waals surface area contributed by atoms with Gasteiger partial charge in [-0.25, -0.2) is 4.39 Å². The first-order valence-corrected chi connectivity index (χ1v) is 14.4. The van der Waals surface area contributed by atoms with Gasteiger partial charge in [0.25, 0.3) is 5.56 Å². The second kappa shape index (κ2) is 10.4. The number of hydrogen-bond acceptors (Lipinski definition) is 11. The van der Waals surface area contributed by atoms with E-state index >= 15 is 0 Å². The summed E-state index contributed by atoms with van der Waals surface area (Å²) in [7, 11) is 1.11. The van der Waals surface area contributed by atoms with Crippen molar-refractivity contribution in [2.75, 3.05) is 7.11 Å². The Morgan fingerprint density at radius 3 is 2.30 bits per heavy atom. The van der Waals surface area contributed by atoms with Gasteiger partial charge in [0.15, 0.2) is 23.1 Å². The number of methoxy groups -OCH3 is 1. The Balaban J connectivity index is 1.33. The summed E-state index contributed by atoms with van der Waals surface area (Å²) < 4.78 is 18.0. The van der Waals surface area contributed by atoms with E-state index in [9.17, 15) is 43.7 Å². The number of aromatic amines is 1. The number of benzene rings is 3. The predicted octanol–water partition coefficient (Wildman–Crippen LogP) is 4.16. The van der Waals surface area contributed by atoms with Crippen LogP contribution in [0, 0.1) is 5.82 Å². The van der Waals surface area contributed by atoms with Crippen molar-refractivity contribution >= 4 is 51.7 Å². The van der Waals surface area contributed by atoms with E-state index < -0.39 is 85.2 Å². The molecule has 4 aromatic rings. The molecule has 7 rings (SSSR count). The number of nitrogens with one attached hydrogen (secondary N) is 1. The minimum atomic E-state index is -2.23. The molecule has 3 aliphatic rings. The van der Waals surface area contributed by atoms with Crippen LogP contribution in [0.15, 0.2) is 52.1 Å². The van der Waals surface area contributed by atoms with Crippen molar-refractivity contribution in [1.29, 1.82) is 0 Å². The van der Waals surface area contributed by atoms with Gasteiger partial charge in [0, 0.05) is 17.0 Å². The second-order valence-electron chi connectivity index (χ2n) is 11.2. The first-order valence-electron chi connectivity index (χ1n) is 14.0. The van der Waals surface area contributed by atoms with Gasteiger partial charge < -0.3 is 29.9 Å². The smallest absolute Gasteiger partial charge is 0.260 e. The van der Waals surface area contributed by atoms with Crippen molar-refractivity contribution in [3.05, 3.63) is 108 Å². The van der Waals surface area contributed by atoms with E-state index in [0.29, 0.717) is 5.56 Å². The van der Waals surface area contributed by atoms with Gasteiger partial charge in [-0.2, -0.15) is 0 Å². The van der Waals surface area contributed by atoms with E-state index in [1.807, 2.05) is 0 Å². The number of ether oxygens (including phenoxy) is 1. The number of halogens is 2. The zero-order valence-corrected chi connectivity index (χ0v) is 24.8. The zero-order chi connectivity index (χ0) is 33.5. The van der Waals surface area contributed by atoms with E-state index in [1.165, 1.54) is 36.5 Å². The van der Waals surface area contributed by atoms with Crippen LogP contribution in [0.3, 0.4) is 0 Å². The molecule has 1 heterocycles. The van der Waals surface area contributed by atoms with Crippen LogP contribution in [0.1, 0.15) is 70.2 Å². The van der Waals surface area contributed by atoms with Crippen molar-refractivity contribution in [3.8, 4) is 17.2 Å². The van der Waals surface area contributed by atoms with Gasteiger partial charge in [0.05, 0.1) is 51.7 Å². The monoisotopic (exact) mass is 658 g/mol. The number of aromatic nitrogens is 1.